The Bertz CT molecular complexity index is 780. The minimum Gasteiger partial charge on any atom is -0.481 e. The van der Waals surface area contributed by atoms with Crippen LogP contribution < -0.4 is 10.1 Å². The molecule has 1 atom stereocenters. The van der Waals surface area contributed by atoms with Crippen LogP contribution in [0.25, 0.3) is 0 Å². The van der Waals surface area contributed by atoms with Crippen LogP contribution in [0.1, 0.15) is 29.8 Å². The summed E-state index contributed by atoms with van der Waals surface area (Å²) in [6.45, 7) is 5.51. The van der Waals surface area contributed by atoms with Crippen molar-refractivity contribution < 1.29 is 9.53 Å². The van der Waals surface area contributed by atoms with Crippen LogP contribution in [0.3, 0.4) is 0 Å². The topological polar surface area (TPSA) is 90.1 Å². The number of hydrogen-bond acceptors (Lipinski definition) is 6. The van der Waals surface area contributed by atoms with Gasteiger partial charge in [0.1, 0.15) is 17.7 Å². The van der Waals surface area contributed by atoms with Gasteiger partial charge in [-0.05, 0) is 20.4 Å². The van der Waals surface area contributed by atoms with Gasteiger partial charge in [-0.2, -0.15) is 5.10 Å². The highest BCUT2D eigenvalue weighted by atomic mass is 16.5. The number of fused-ring (bicyclic) bond motifs is 1. The van der Waals surface area contributed by atoms with E-state index in [-0.39, 0.29) is 11.9 Å². The van der Waals surface area contributed by atoms with Gasteiger partial charge in [-0.15, -0.1) is 10.2 Å². The second-order valence-electron chi connectivity index (χ2n) is 6.33. The molecule has 0 bridgehead atoms. The molecule has 1 unspecified atom stereocenters. The molecule has 3 rings (SSSR count). The van der Waals surface area contributed by atoms with Crippen LogP contribution in [0.15, 0.2) is 0 Å². The molecule has 25 heavy (non-hydrogen) atoms. The summed E-state index contributed by atoms with van der Waals surface area (Å²) in [6, 6.07) is -0.255. The molecule has 1 amide bonds. The molecule has 0 fully saturated rings. The molecule has 0 spiro atoms. The standard InChI is InChI=1S/C16H25N7O2/c1-6-12-11(16(25-5)22(4)20-12)7-17-15(24)13-8-23-10(2)18-19-14(23)9-21(13)3/h13H,6-9H2,1-5H3,(H,17,24). The van der Waals surface area contributed by atoms with Crippen molar-refractivity contribution in [1.29, 1.82) is 0 Å². The number of carbonyl (C=O) groups is 1. The van der Waals surface area contributed by atoms with E-state index < -0.39 is 0 Å². The van der Waals surface area contributed by atoms with E-state index in [1.807, 2.05) is 37.4 Å². The number of likely N-dealkylation sites (N-methyl/N-ethyl adjacent to an activating group) is 1. The van der Waals surface area contributed by atoms with Crippen LogP contribution >= 0.6 is 0 Å². The maximum Gasteiger partial charge on any atom is 0.239 e. The number of ether oxygens (including phenoxy) is 1. The SMILES string of the molecule is CCc1nn(C)c(OC)c1CNC(=O)C1Cn2c(C)nnc2CN1C. The van der Waals surface area contributed by atoms with Crippen molar-refractivity contribution in [2.45, 2.75) is 45.9 Å². The van der Waals surface area contributed by atoms with Crippen molar-refractivity contribution in [3.8, 4) is 5.88 Å². The van der Waals surface area contributed by atoms with Crippen molar-refractivity contribution >= 4 is 5.91 Å². The lowest BCUT2D eigenvalue weighted by molar-refractivity contribution is -0.127. The van der Waals surface area contributed by atoms with Gasteiger partial charge in [-0.3, -0.25) is 9.69 Å². The van der Waals surface area contributed by atoms with Gasteiger partial charge in [0.05, 0.1) is 38.0 Å². The minimum absolute atomic E-state index is 0.0193. The summed E-state index contributed by atoms with van der Waals surface area (Å²) in [5.41, 5.74) is 1.87. The van der Waals surface area contributed by atoms with Gasteiger partial charge in [0.25, 0.3) is 0 Å². The summed E-state index contributed by atoms with van der Waals surface area (Å²) in [5, 5.41) is 15.7. The van der Waals surface area contributed by atoms with E-state index in [2.05, 4.69) is 20.6 Å². The number of amides is 1. The second-order valence-corrected chi connectivity index (χ2v) is 6.33. The highest BCUT2D eigenvalue weighted by Crippen LogP contribution is 2.22. The molecule has 1 aliphatic heterocycles. The molecule has 0 radical (unpaired) electrons. The Morgan fingerprint density at radius 3 is 2.80 bits per heavy atom. The Labute approximate surface area is 147 Å². The summed E-state index contributed by atoms with van der Waals surface area (Å²) in [4.78, 5) is 14.8. The van der Waals surface area contributed by atoms with Crippen LogP contribution in [0.2, 0.25) is 0 Å². The molecule has 9 nitrogen and oxygen atoms in total. The van der Waals surface area contributed by atoms with E-state index in [1.54, 1.807) is 11.8 Å². The third-order valence-electron chi connectivity index (χ3n) is 4.73. The highest BCUT2D eigenvalue weighted by molar-refractivity contribution is 5.81. The largest absolute Gasteiger partial charge is 0.481 e. The Kier molecular flexibility index (Phi) is 4.76. The fourth-order valence-corrected chi connectivity index (χ4v) is 3.32. The Morgan fingerprint density at radius 2 is 2.12 bits per heavy atom. The second kappa shape index (κ2) is 6.83. The van der Waals surface area contributed by atoms with E-state index in [1.165, 1.54) is 0 Å². The predicted octanol–water partition coefficient (Wildman–Crippen LogP) is 0.0214. The maximum atomic E-state index is 12.8. The number of rotatable bonds is 5. The van der Waals surface area contributed by atoms with Gasteiger partial charge in [0, 0.05) is 7.05 Å². The number of carbonyl (C=O) groups excluding carboxylic acids is 1. The van der Waals surface area contributed by atoms with Crippen molar-refractivity contribution in [3.05, 3.63) is 22.9 Å². The first kappa shape index (κ1) is 17.4. The van der Waals surface area contributed by atoms with Gasteiger partial charge in [0.15, 0.2) is 0 Å². The zero-order valence-corrected chi connectivity index (χ0v) is 15.4. The van der Waals surface area contributed by atoms with Crippen LogP contribution in [0, 0.1) is 6.92 Å². The van der Waals surface area contributed by atoms with Crippen molar-refractivity contribution in [2.75, 3.05) is 14.2 Å². The third-order valence-corrected chi connectivity index (χ3v) is 4.73. The molecule has 0 aromatic carbocycles. The van der Waals surface area contributed by atoms with Crippen LogP contribution in [0.5, 0.6) is 5.88 Å². The molecule has 2 aromatic heterocycles. The van der Waals surface area contributed by atoms with Gasteiger partial charge in [-0.25, -0.2) is 4.68 Å². The quantitative estimate of drug-likeness (QED) is 0.820. The molecular weight excluding hydrogens is 322 g/mol. The van der Waals surface area contributed by atoms with Crippen LogP contribution in [-0.2, 0) is 37.9 Å². The fourth-order valence-electron chi connectivity index (χ4n) is 3.32. The lowest BCUT2D eigenvalue weighted by Crippen LogP contribution is -2.50. The molecule has 1 N–H and O–H groups in total. The Morgan fingerprint density at radius 1 is 1.36 bits per heavy atom. The fraction of sp³-hybridized carbons (Fsp3) is 0.625. The van der Waals surface area contributed by atoms with Gasteiger partial charge in [0.2, 0.25) is 11.8 Å². The number of hydrogen-bond donors (Lipinski definition) is 1. The number of aromatic nitrogens is 5. The van der Waals surface area contributed by atoms with E-state index in [4.69, 9.17) is 4.74 Å². The third kappa shape index (κ3) is 3.11. The average molecular weight is 347 g/mol. The molecule has 136 valence electrons. The van der Waals surface area contributed by atoms with Crippen molar-refractivity contribution in [2.24, 2.45) is 7.05 Å². The molecule has 0 saturated heterocycles. The smallest absolute Gasteiger partial charge is 0.239 e. The molecule has 3 heterocycles. The molecular formula is C16H25N7O2. The summed E-state index contributed by atoms with van der Waals surface area (Å²) >= 11 is 0. The van der Waals surface area contributed by atoms with E-state index >= 15 is 0 Å². The monoisotopic (exact) mass is 347 g/mol. The first-order valence-electron chi connectivity index (χ1n) is 8.41. The zero-order valence-electron chi connectivity index (χ0n) is 15.4. The molecule has 2 aromatic rings. The minimum atomic E-state index is -0.255. The van der Waals surface area contributed by atoms with E-state index in [9.17, 15) is 4.79 Å². The zero-order chi connectivity index (χ0) is 18.1. The van der Waals surface area contributed by atoms with Gasteiger partial charge < -0.3 is 14.6 Å². The van der Waals surface area contributed by atoms with Crippen molar-refractivity contribution in [3.63, 3.8) is 0 Å². The number of nitrogens with one attached hydrogen (secondary N) is 1. The van der Waals surface area contributed by atoms with Crippen molar-refractivity contribution in [1.82, 2.24) is 34.8 Å². The first-order valence-corrected chi connectivity index (χ1v) is 8.41. The summed E-state index contributed by atoms with van der Waals surface area (Å²) in [6.07, 6.45) is 0.787. The Hall–Kier alpha value is -2.42. The lowest BCUT2D eigenvalue weighted by Gasteiger charge is -2.32. The van der Waals surface area contributed by atoms with E-state index in [0.29, 0.717) is 25.5 Å². The average Bonchev–Trinajstić information content (AvgIpc) is 3.10. The van der Waals surface area contributed by atoms with Gasteiger partial charge >= 0.3 is 0 Å². The summed E-state index contributed by atoms with van der Waals surface area (Å²) in [7, 11) is 5.39. The van der Waals surface area contributed by atoms with Crippen LogP contribution in [-0.4, -0.2) is 55.6 Å². The predicted molar refractivity (Wildman–Crippen MR) is 91.0 cm³/mol. The Balaban J connectivity index is 1.72. The van der Waals surface area contributed by atoms with Crippen LogP contribution in [0.4, 0.5) is 0 Å². The maximum absolute atomic E-state index is 12.8. The molecule has 9 heteroatoms. The number of nitrogens with zero attached hydrogens (tertiary/aromatic N) is 6. The normalized spacial score (nSPS) is 17.4. The lowest BCUT2D eigenvalue weighted by atomic mass is 10.1. The molecule has 1 aliphatic rings. The first-order chi connectivity index (χ1) is 12.0. The number of aryl methyl sites for hydroxylation is 3. The summed E-state index contributed by atoms with van der Waals surface area (Å²) < 4.78 is 9.14. The molecule has 0 aliphatic carbocycles. The van der Waals surface area contributed by atoms with E-state index in [0.717, 1.165) is 29.3 Å². The molecule has 0 saturated carbocycles. The van der Waals surface area contributed by atoms with Gasteiger partial charge in [-0.1, -0.05) is 6.92 Å². The summed E-state index contributed by atoms with van der Waals surface area (Å²) in [5.74, 6) is 2.40. The highest BCUT2D eigenvalue weighted by Gasteiger charge is 2.31. The number of methoxy groups -OCH3 is 1.